The van der Waals surface area contributed by atoms with E-state index in [4.69, 9.17) is 14.2 Å². The van der Waals surface area contributed by atoms with Crippen LogP contribution in [0.15, 0.2) is 66.9 Å². The summed E-state index contributed by atoms with van der Waals surface area (Å²) < 4.78 is 16.1. The third-order valence-corrected chi connectivity index (χ3v) is 4.41. The zero-order valence-electron chi connectivity index (χ0n) is 17.1. The van der Waals surface area contributed by atoms with Crippen LogP contribution in [0.1, 0.15) is 5.56 Å². The second-order valence-electron chi connectivity index (χ2n) is 6.40. The highest BCUT2D eigenvalue weighted by Gasteiger charge is 2.19. The molecule has 9 heteroatoms. The summed E-state index contributed by atoms with van der Waals surface area (Å²) in [6.45, 7) is -0.0977. The van der Waals surface area contributed by atoms with Crippen molar-refractivity contribution in [1.29, 1.82) is 0 Å². The van der Waals surface area contributed by atoms with E-state index in [0.29, 0.717) is 17.3 Å². The molecule has 1 aromatic heterocycles. The Balaban J connectivity index is 1.80. The van der Waals surface area contributed by atoms with Crippen LogP contribution in [-0.4, -0.2) is 36.6 Å². The zero-order chi connectivity index (χ0) is 22.2. The van der Waals surface area contributed by atoms with Crippen molar-refractivity contribution in [3.8, 4) is 17.2 Å². The Morgan fingerprint density at radius 1 is 1.03 bits per heavy atom. The third kappa shape index (κ3) is 5.47. The van der Waals surface area contributed by atoms with Crippen molar-refractivity contribution < 1.29 is 23.9 Å². The van der Waals surface area contributed by atoms with E-state index in [2.05, 4.69) is 4.98 Å². The molecule has 1 heterocycles. The van der Waals surface area contributed by atoms with Gasteiger partial charge >= 0.3 is 0 Å². The van der Waals surface area contributed by atoms with Gasteiger partial charge in [-0.2, -0.15) is 0 Å². The molecule has 3 rings (SSSR count). The number of ether oxygens (including phenoxy) is 3. The molecule has 2 aromatic carbocycles. The van der Waals surface area contributed by atoms with Crippen molar-refractivity contribution in [2.75, 3.05) is 25.7 Å². The van der Waals surface area contributed by atoms with Gasteiger partial charge in [0.05, 0.1) is 31.8 Å². The molecular weight excluding hydrogens is 402 g/mol. The fourth-order valence-corrected chi connectivity index (χ4v) is 2.88. The molecule has 1 amide bonds. The number of non-ortho nitro benzene ring substituents is 1. The summed E-state index contributed by atoms with van der Waals surface area (Å²) in [5.74, 6) is 1.44. The second-order valence-corrected chi connectivity index (χ2v) is 6.40. The maximum Gasteiger partial charge on any atom is 0.273 e. The lowest BCUT2D eigenvalue weighted by Gasteiger charge is -2.22. The van der Waals surface area contributed by atoms with Gasteiger partial charge in [0.15, 0.2) is 18.1 Å². The van der Waals surface area contributed by atoms with Gasteiger partial charge in [0.1, 0.15) is 11.6 Å². The van der Waals surface area contributed by atoms with E-state index in [1.165, 1.54) is 30.2 Å². The summed E-state index contributed by atoms with van der Waals surface area (Å²) in [6.07, 6.45) is 1.59. The van der Waals surface area contributed by atoms with Crippen LogP contribution in [0, 0.1) is 10.1 Å². The van der Waals surface area contributed by atoms with E-state index >= 15 is 0 Å². The van der Waals surface area contributed by atoms with E-state index in [1.54, 1.807) is 49.7 Å². The standard InChI is InChI=1S/C22H21N3O6/c1-29-19-10-9-16(12-20(19)30-2)14-24(21-8-3-4-11-23-21)22(26)15-31-18-7-5-6-17(13-18)25(27)28/h3-13H,14-15H2,1-2H3. The molecule has 0 N–H and O–H groups in total. The molecule has 0 radical (unpaired) electrons. The summed E-state index contributed by atoms with van der Waals surface area (Å²) in [7, 11) is 3.09. The number of hydrogen-bond acceptors (Lipinski definition) is 7. The van der Waals surface area contributed by atoms with E-state index in [-0.39, 0.29) is 30.5 Å². The number of rotatable bonds is 9. The molecule has 0 saturated carbocycles. The van der Waals surface area contributed by atoms with Gasteiger partial charge in [0.25, 0.3) is 11.6 Å². The lowest BCUT2D eigenvalue weighted by atomic mass is 10.2. The monoisotopic (exact) mass is 423 g/mol. The van der Waals surface area contributed by atoms with Gasteiger partial charge in [-0.1, -0.05) is 18.2 Å². The highest BCUT2D eigenvalue weighted by molar-refractivity contribution is 5.93. The number of anilines is 1. The van der Waals surface area contributed by atoms with Crippen molar-refractivity contribution in [2.24, 2.45) is 0 Å². The van der Waals surface area contributed by atoms with Crippen LogP contribution in [0.2, 0.25) is 0 Å². The largest absolute Gasteiger partial charge is 0.493 e. The molecular formula is C22H21N3O6. The number of methoxy groups -OCH3 is 2. The van der Waals surface area contributed by atoms with Crippen LogP contribution in [-0.2, 0) is 11.3 Å². The van der Waals surface area contributed by atoms with Gasteiger partial charge in [-0.15, -0.1) is 0 Å². The number of carbonyl (C=O) groups is 1. The first-order valence-corrected chi connectivity index (χ1v) is 9.31. The first kappa shape index (κ1) is 21.6. The summed E-state index contributed by atoms with van der Waals surface area (Å²) in [4.78, 5) is 29.1. The Morgan fingerprint density at radius 3 is 2.52 bits per heavy atom. The minimum Gasteiger partial charge on any atom is -0.493 e. The number of nitro groups is 1. The minimum absolute atomic E-state index is 0.114. The Morgan fingerprint density at radius 2 is 1.84 bits per heavy atom. The molecule has 0 unspecified atom stereocenters. The van der Waals surface area contributed by atoms with E-state index in [0.717, 1.165) is 5.56 Å². The molecule has 0 aliphatic carbocycles. The number of nitro benzene ring substituents is 1. The SMILES string of the molecule is COc1ccc(CN(C(=O)COc2cccc([N+](=O)[O-])c2)c2ccccn2)cc1OC. The Labute approximate surface area is 179 Å². The Hall–Kier alpha value is -4.14. The van der Waals surface area contributed by atoms with Gasteiger partial charge in [-0.25, -0.2) is 4.98 Å². The predicted molar refractivity (Wildman–Crippen MR) is 114 cm³/mol. The lowest BCUT2D eigenvalue weighted by molar-refractivity contribution is -0.384. The number of hydrogen-bond donors (Lipinski definition) is 0. The minimum atomic E-state index is -0.522. The van der Waals surface area contributed by atoms with Gasteiger partial charge in [0, 0.05) is 12.3 Å². The average molecular weight is 423 g/mol. The highest BCUT2D eigenvalue weighted by atomic mass is 16.6. The number of benzene rings is 2. The van der Waals surface area contributed by atoms with Crippen molar-refractivity contribution >= 4 is 17.4 Å². The summed E-state index contributed by atoms with van der Waals surface area (Å²) in [5, 5.41) is 10.9. The fourth-order valence-electron chi connectivity index (χ4n) is 2.88. The maximum atomic E-state index is 13.0. The van der Waals surface area contributed by atoms with E-state index in [9.17, 15) is 14.9 Å². The second kappa shape index (κ2) is 10.1. The van der Waals surface area contributed by atoms with Crippen LogP contribution in [0.25, 0.3) is 0 Å². The number of amides is 1. The van der Waals surface area contributed by atoms with Crippen LogP contribution < -0.4 is 19.1 Å². The van der Waals surface area contributed by atoms with Gasteiger partial charge in [-0.3, -0.25) is 19.8 Å². The lowest BCUT2D eigenvalue weighted by Crippen LogP contribution is -2.35. The average Bonchev–Trinajstić information content (AvgIpc) is 2.81. The highest BCUT2D eigenvalue weighted by Crippen LogP contribution is 2.28. The van der Waals surface area contributed by atoms with Crippen LogP contribution in [0.4, 0.5) is 11.5 Å². The van der Waals surface area contributed by atoms with Crippen LogP contribution >= 0.6 is 0 Å². The molecule has 0 bridgehead atoms. The third-order valence-electron chi connectivity index (χ3n) is 4.41. The normalized spacial score (nSPS) is 10.3. The number of nitrogens with zero attached hydrogens (tertiary/aromatic N) is 3. The van der Waals surface area contributed by atoms with Crippen LogP contribution in [0.3, 0.4) is 0 Å². The first-order valence-electron chi connectivity index (χ1n) is 9.31. The smallest absolute Gasteiger partial charge is 0.273 e. The quantitative estimate of drug-likeness (QED) is 0.382. The molecule has 0 fully saturated rings. The molecule has 3 aromatic rings. The summed E-state index contributed by atoms with van der Waals surface area (Å²) >= 11 is 0. The topological polar surface area (TPSA) is 104 Å². The van der Waals surface area contributed by atoms with E-state index < -0.39 is 4.92 Å². The number of aromatic nitrogens is 1. The molecule has 9 nitrogen and oxygen atoms in total. The molecule has 0 spiro atoms. The van der Waals surface area contributed by atoms with Gasteiger partial charge in [0.2, 0.25) is 0 Å². The molecule has 0 atom stereocenters. The van der Waals surface area contributed by atoms with Crippen molar-refractivity contribution in [2.45, 2.75) is 6.54 Å². The molecule has 160 valence electrons. The van der Waals surface area contributed by atoms with Gasteiger partial charge in [-0.05, 0) is 35.9 Å². The predicted octanol–water partition coefficient (Wildman–Crippen LogP) is 3.62. The molecule has 31 heavy (non-hydrogen) atoms. The maximum absolute atomic E-state index is 13.0. The Bertz CT molecular complexity index is 1060. The molecule has 0 aliphatic heterocycles. The van der Waals surface area contributed by atoms with Crippen LogP contribution in [0.5, 0.6) is 17.2 Å². The molecule has 0 aliphatic rings. The summed E-state index contributed by atoms with van der Waals surface area (Å²) in [5.41, 5.74) is 0.684. The Kier molecular flexibility index (Phi) is 7.00. The number of pyridine rings is 1. The zero-order valence-corrected chi connectivity index (χ0v) is 17.1. The molecule has 0 saturated heterocycles. The van der Waals surface area contributed by atoms with Crippen molar-refractivity contribution in [3.05, 3.63) is 82.5 Å². The first-order chi connectivity index (χ1) is 15.0. The van der Waals surface area contributed by atoms with Crippen molar-refractivity contribution in [3.63, 3.8) is 0 Å². The van der Waals surface area contributed by atoms with Gasteiger partial charge < -0.3 is 14.2 Å². The number of carbonyl (C=O) groups excluding carboxylic acids is 1. The summed E-state index contributed by atoms with van der Waals surface area (Å²) in [6, 6.07) is 16.3. The van der Waals surface area contributed by atoms with Crippen molar-refractivity contribution in [1.82, 2.24) is 4.98 Å². The van der Waals surface area contributed by atoms with E-state index in [1.807, 2.05) is 6.07 Å². The fraction of sp³-hybridized carbons (Fsp3) is 0.182.